The maximum Gasteiger partial charge on any atom is 0.264 e. The van der Waals surface area contributed by atoms with E-state index in [1.165, 1.54) is 31.6 Å². The standard InChI is InChI=1S/C23H27N3O6S2/c1-30-17-7-4-6-16(21(17)31-2)22(27)26(11-10-25-12-14-32-15-13-25)23-24-20-18(33-23)8-5-9-19(20)34(3,28)29/h4-9H,10-15H2,1-3H3. The summed E-state index contributed by atoms with van der Waals surface area (Å²) in [4.78, 5) is 22.4. The largest absolute Gasteiger partial charge is 0.493 e. The molecule has 4 rings (SSSR count). The number of benzene rings is 2. The molecule has 1 fully saturated rings. The van der Waals surface area contributed by atoms with Crippen molar-refractivity contribution in [2.24, 2.45) is 0 Å². The van der Waals surface area contributed by atoms with E-state index in [4.69, 9.17) is 14.2 Å². The van der Waals surface area contributed by atoms with Crippen LogP contribution in [-0.4, -0.2) is 84.1 Å². The van der Waals surface area contributed by atoms with Gasteiger partial charge in [-0.2, -0.15) is 0 Å². The van der Waals surface area contributed by atoms with Crippen LogP contribution in [0.1, 0.15) is 10.4 Å². The summed E-state index contributed by atoms with van der Waals surface area (Å²) in [6.45, 7) is 3.85. The number of ether oxygens (including phenoxy) is 3. The Morgan fingerprint density at radius 3 is 2.56 bits per heavy atom. The Bertz CT molecular complexity index is 1290. The molecule has 34 heavy (non-hydrogen) atoms. The predicted molar refractivity (Wildman–Crippen MR) is 131 cm³/mol. The van der Waals surface area contributed by atoms with Gasteiger partial charge >= 0.3 is 0 Å². The molecule has 2 aromatic carbocycles. The zero-order valence-corrected chi connectivity index (χ0v) is 20.9. The molecule has 1 aliphatic rings. The fourth-order valence-electron chi connectivity index (χ4n) is 3.88. The number of anilines is 1. The SMILES string of the molecule is COc1cccc(C(=O)N(CCN2CCOCC2)c2nc3c(S(C)(=O)=O)cccc3s2)c1OC. The number of methoxy groups -OCH3 is 2. The molecule has 0 bridgehead atoms. The van der Waals surface area contributed by atoms with Crippen LogP contribution in [0.5, 0.6) is 11.5 Å². The van der Waals surface area contributed by atoms with Gasteiger partial charge in [0.05, 0.1) is 42.6 Å². The minimum Gasteiger partial charge on any atom is -0.493 e. The third-order valence-electron chi connectivity index (χ3n) is 5.62. The highest BCUT2D eigenvalue weighted by Crippen LogP contribution is 2.36. The summed E-state index contributed by atoms with van der Waals surface area (Å²) in [5.41, 5.74) is 0.707. The van der Waals surface area contributed by atoms with E-state index in [0.717, 1.165) is 19.3 Å². The number of para-hydroxylation sites is 2. The number of sulfone groups is 1. The minimum atomic E-state index is -3.48. The van der Waals surface area contributed by atoms with Crippen LogP contribution in [0.4, 0.5) is 5.13 Å². The highest BCUT2D eigenvalue weighted by molar-refractivity contribution is 7.91. The first-order valence-corrected chi connectivity index (χ1v) is 13.5. The molecule has 1 saturated heterocycles. The van der Waals surface area contributed by atoms with Gasteiger partial charge < -0.3 is 14.2 Å². The normalized spacial score (nSPS) is 14.8. The summed E-state index contributed by atoms with van der Waals surface area (Å²) < 4.78 is 41.6. The van der Waals surface area contributed by atoms with Crippen molar-refractivity contribution < 1.29 is 27.4 Å². The van der Waals surface area contributed by atoms with E-state index in [1.54, 1.807) is 29.2 Å². The van der Waals surface area contributed by atoms with Crippen molar-refractivity contribution >= 4 is 42.4 Å². The van der Waals surface area contributed by atoms with E-state index in [2.05, 4.69) is 9.88 Å². The molecule has 0 atom stereocenters. The van der Waals surface area contributed by atoms with E-state index in [1.807, 2.05) is 6.07 Å². The highest BCUT2D eigenvalue weighted by atomic mass is 32.2. The number of hydrogen-bond acceptors (Lipinski definition) is 9. The number of aromatic nitrogens is 1. The lowest BCUT2D eigenvalue weighted by molar-refractivity contribution is 0.0391. The summed E-state index contributed by atoms with van der Waals surface area (Å²) in [6.07, 6.45) is 1.16. The number of thiazole rings is 1. The second-order valence-corrected chi connectivity index (χ2v) is 10.8. The van der Waals surface area contributed by atoms with Gasteiger partial charge in [0.1, 0.15) is 5.52 Å². The van der Waals surface area contributed by atoms with Gasteiger partial charge in [0.15, 0.2) is 26.5 Å². The zero-order chi connectivity index (χ0) is 24.3. The minimum absolute atomic E-state index is 0.145. The first kappa shape index (κ1) is 24.4. The molecule has 2 heterocycles. The van der Waals surface area contributed by atoms with Gasteiger partial charge in [-0.3, -0.25) is 14.6 Å². The van der Waals surface area contributed by atoms with Crippen molar-refractivity contribution in [1.29, 1.82) is 0 Å². The van der Waals surface area contributed by atoms with Crippen LogP contribution < -0.4 is 14.4 Å². The van der Waals surface area contributed by atoms with Gasteiger partial charge in [0, 0.05) is 32.4 Å². The summed E-state index contributed by atoms with van der Waals surface area (Å²) in [5, 5.41) is 0.425. The van der Waals surface area contributed by atoms with Gasteiger partial charge in [0.25, 0.3) is 5.91 Å². The lowest BCUT2D eigenvalue weighted by Crippen LogP contribution is -2.43. The van der Waals surface area contributed by atoms with Crippen molar-refractivity contribution in [2.75, 3.05) is 64.8 Å². The van der Waals surface area contributed by atoms with E-state index in [0.29, 0.717) is 58.7 Å². The molecule has 182 valence electrons. The molecule has 0 aliphatic carbocycles. The first-order valence-electron chi connectivity index (χ1n) is 10.8. The van der Waals surface area contributed by atoms with Crippen molar-refractivity contribution in [3.8, 4) is 11.5 Å². The van der Waals surface area contributed by atoms with Crippen LogP contribution in [-0.2, 0) is 14.6 Å². The Kier molecular flexibility index (Phi) is 7.36. The molecule has 1 aliphatic heterocycles. The van der Waals surface area contributed by atoms with E-state index >= 15 is 0 Å². The number of nitrogens with zero attached hydrogens (tertiary/aromatic N) is 3. The Labute approximate surface area is 202 Å². The van der Waals surface area contributed by atoms with E-state index in [-0.39, 0.29) is 10.8 Å². The van der Waals surface area contributed by atoms with Gasteiger partial charge in [-0.25, -0.2) is 13.4 Å². The number of amides is 1. The molecule has 1 amide bonds. The van der Waals surface area contributed by atoms with Gasteiger partial charge in [-0.05, 0) is 24.3 Å². The quantitative estimate of drug-likeness (QED) is 0.461. The maximum absolute atomic E-state index is 13.8. The number of morpholine rings is 1. The Balaban J connectivity index is 1.76. The van der Waals surface area contributed by atoms with Crippen LogP contribution >= 0.6 is 11.3 Å². The molecule has 11 heteroatoms. The lowest BCUT2D eigenvalue weighted by Gasteiger charge is -2.29. The van der Waals surface area contributed by atoms with Crippen molar-refractivity contribution in [3.05, 3.63) is 42.0 Å². The predicted octanol–water partition coefficient (Wildman–Crippen LogP) is 2.70. The average Bonchev–Trinajstić information content (AvgIpc) is 3.27. The van der Waals surface area contributed by atoms with E-state index < -0.39 is 9.84 Å². The third kappa shape index (κ3) is 5.02. The molecular weight excluding hydrogens is 478 g/mol. The van der Waals surface area contributed by atoms with Crippen molar-refractivity contribution in [1.82, 2.24) is 9.88 Å². The monoisotopic (exact) mass is 505 g/mol. The number of carbonyl (C=O) groups is 1. The molecule has 0 saturated carbocycles. The van der Waals surface area contributed by atoms with Crippen LogP contribution in [0, 0.1) is 0 Å². The first-order chi connectivity index (χ1) is 16.3. The smallest absolute Gasteiger partial charge is 0.264 e. The summed E-state index contributed by atoms with van der Waals surface area (Å²) in [7, 11) is -0.476. The van der Waals surface area contributed by atoms with Crippen LogP contribution in [0.3, 0.4) is 0 Å². The fraction of sp³-hybridized carbons (Fsp3) is 0.391. The molecular formula is C23H27N3O6S2. The summed E-state index contributed by atoms with van der Waals surface area (Å²) >= 11 is 1.28. The van der Waals surface area contributed by atoms with Crippen LogP contribution in [0.2, 0.25) is 0 Å². The number of hydrogen-bond donors (Lipinski definition) is 0. The average molecular weight is 506 g/mol. The summed E-state index contributed by atoms with van der Waals surface area (Å²) in [5.74, 6) is 0.485. The molecule has 9 nitrogen and oxygen atoms in total. The molecule has 0 radical (unpaired) electrons. The Hall–Kier alpha value is -2.73. The molecule has 0 N–H and O–H groups in total. The van der Waals surface area contributed by atoms with Gasteiger partial charge in [0.2, 0.25) is 0 Å². The van der Waals surface area contributed by atoms with Gasteiger partial charge in [-0.1, -0.05) is 23.5 Å². The van der Waals surface area contributed by atoms with Crippen LogP contribution in [0.25, 0.3) is 10.2 Å². The van der Waals surface area contributed by atoms with Crippen molar-refractivity contribution in [2.45, 2.75) is 4.90 Å². The number of carbonyl (C=O) groups excluding carboxylic acids is 1. The Morgan fingerprint density at radius 1 is 1.15 bits per heavy atom. The van der Waals surface area contributed by atoms with Crippen LogP contribution in [0.15, 0.2) is 41.3 Å². The highest BCUT2D eigenvalue weighted by Gasteiger charge is 2.27. The van der Waals surface area contributed by atoms with Crippen molar-refractivity contribution in [3.63, 3.8) is 0 Å². The number of rotatable bonds is 8. The topological polar surface area (TPSA) is 98.3 Å². The third-order valence-corrected chi connectivity index (χ3v) is 7.80. The molecule has 1 aromatic heterocycles. The molecule has 0 spiro atoms. The second kappa shape index (κ2) is 10.3. The fourth-order valence-corrected chi connectivity index (χ4v) is 5.79. The van der Waals surface area contributed by atoms with E-state index in [9.17, 15) is 13.2 Å². The molecule has 3 aromatic rings. The molecule has 0 unspecified atom stereocenters. The summed E-state index contributed by atoms with van der Waals surface area (Å²) in [6, 6.07) is 10.2. The van der Waals surface area contributed by atoms with Gasteiger partial charge in [-0.15, -0.1) is 0 Å². The zero-order valence-electron chi connectivity index (χ0n) is 19.3. The maximum atomic E-state index is 13.8. The Morgan fingerprint density at radius 2 is 1.88 bits per heavy atom. The number of fused-ring (bicyclic) bond motifs is 1. The second-order valence-electron chi connectivity index (χ2n) is 7.82. The lowest BCUT2D eigenvalue weighted by atomic mass is 10.1.